The molecule has 88 valence electrons. The van der Waals surface area contributed by atoms with Crippen LogP contribution in [0.3, 0.4) is 0 Å². The van der Waals surface area contributed by atoms with Crippen LogP contribution in [-0.4, -0.2) is 10.1 Å². The van der Waals surface area contributed by atoms with E-state index in [1.165, 1.54) is 12.1 Å². The van der Waals surface area contributed by atoms with Gasteiger partial charge in [0.2, 0.25) is 0 Å². The van der Waals surface area contributed by atoms with Crippen LogP contribution < -0.4 is 5.73 Å². The molecule has 0 radical (unpaired) electrons. The van der Waals surface area contributed by atoms with Crippen LogP contribution in [0.5, 0.6) is 0 Å². The van der Waals surface area contributed by atoms with Crippen molar-refractivity contribution in [1.82, 2.24) is 10.1 Å². The molecule has 0 spiro atoms. The van der Waals surface area contributed by atoms with Gasteiger partial charge >= 0.3 is 0 Å². The van der Waals surface area contributed by atoms with E-state index in [1.54, 1.807) is 12.1 Å². The van der Waals surface area contributed by atoms with Crippen molar-refractivity contribution in [2.45, 2.75) is 24.8 Å². The van der Waals surface area contributed by atoms with E-state index < -0.39 is 5.54 Å². The van der Waals surface area contributed by atoms with Crippen LogP contribution in [-0.2, 0) is 5.54 Å². The fraction of sp³-hybridized carbons (Fsp3) is 0.333. The van der Waals surface area contributed by atoms with Gasteiger partial charge in [0.1, 0.15) is 5.82 Å². The van der Waals surface area contributed by atoms with Crippen LogP contribution in [0.1, 0.15) is 25.1 Å². The van der Waals surface area contributed by atoms with Crippen molar-refractivity contribution < 1.29 is 8.91 Å². The molecule has 0 saturated heterocycles. The Hall–Kier alpha value is -1.75. The largest absolute Gasteiger partial charge is 0.334 e. The highest BCUT2D eigenvalue weighted by atomic mass is 19.1. The standard InChI is InChI=1S/C12H12FN3O/c13-9-4-2-8(3-5-9)10-15-11(16-17-10)12(14)6-1-7-12/h2-5H,1,6-7,14H2. The summed E-state index contributed by atoms with van der Waals surface area (Å²) in [6, 6.07) is 5.94. The number of benzene rings is 1. The number of hydrogen-bond donors (Lipinski definition) is 1. The first-order valence-electron chi connectivity index (χ1n) is 5.56. The van der Waals surface area contributed by atoms with Gasteiger partial charge in [0.15, 0.2) is 5.82 Å². The highest BCUT2D eigenvalue weighted by molar-refractivity contribution is 5.52. The van der Waals surface area contributed by atoms with Crippen molar-refractivity contribution in [3.63, 3.8) is 0 Å². The minimum atomic E-state index is -0.429. The Balaban J connectivity index is 1.92. The Labute approximate surface area is 97.6 Å². The lowest BCUT2D eigenvalue weighted by Crippen LogP contribution is -2.44. The highest BCUT2D eigenvalue weighted by Gasteiger charge is 2.39. The van der Waals surface area contributed by atoms with E-state index in [0.717, 1.165) is 19.3 Å². The van der Waals surface area contributed by atoms with Crippen molar-refractivity contribution in [3.05, 3.63) is 35.9 Å². The maximum Gasteiger partial charge on any atom is 0.257 e. The molecule has 1 aliphatic rings. The van der Waals surface area contributed by atoms with Gasteiger partial charge in [-0.3, -0.25) is 0 Å². The van der Waals surface area contributed by atoms with E-state index in [9.17, 15) is 4.39 Å². The van der Waals surface area contributed by atoms with Crippen LogP contribution in [0.25, 0.3) is 11.5 Å². The predicted molar refractivity (Wildman–Crippen MR) is 59.4 cm³/mol. The van der Waals surface area contributed by atoms with Gasteiger partial charge in [0, 0.05) is 5.56 Å². The molecule has 0 amide bonds. The Morgan fingerprint density at radius 2 is 1.94 bits per heavy atom. The third-order valence-corrected chi connectivity index (χ3v) is 3.21. The fourth-order valence-corrected chi connectivity index (χ4v) is 1.92. The summed E-state index contributed by atoms with van der Waals surface area (Å²) >= 11 is 0. The monoisotopic (exact) mass is 233 g/mol. The van der Waals surface area contributed by atoms with Gasteiger partial charge in [-0.2, -0.15) is 4.98 Å². The lowest BCUT2D eigenvalue weighted by Gasteiger charge is -2.34. The van der Waals surface area contributed by atoms with E-state index in [0.29, 0.717) is 17.3 Å². The maximum absolute atomic E-state index is 12.8. The summed E-state index contributed by atoms with van der Waals surface area (Å²) in [5.41, 5.74) is 6.37. The molecule has 0 unspecified atom stereocenters. The number of nitrogens with two attached hydrogens (primary N) is 1. The second-order valence-electron chi connectivity index (χ2n) is 4.44. The molecule has 0 atom stereocenters. The van der Waals surface area contributed by atoms with Crippen LogP contribution in [0.4, 0.5) is 4.39 Å². The van der Waals surface area contributed by atoms with Crippen LogP contribution in [0.2, 0.25) is 0 Å². The van der Waals surface area contributed by atoms with Crippen molar-refractivity contribution in [3.8, 4) is 11.5 Å². The second-order valence-corrected chi connectivity index (χ2v) is 4.44. The molecule has 1 aromatic carbocycles. The summed E-state index contributed by atoms with van der Waals surface area (Å²) < 4.78 is 17.9. The molecule has 17 heavy (non-hydrogen) atoms. The van der Waals surface area contributed by atoms with E-state index >= 15 is 0 Å². The van der Waals surface area contributed by atoms with Crippen LogP contribution >= 0.6 is 0 Å². The smallest absolute Gasteiger partial charge is 0.257 e. The average Bonchev–Trinajstić information content (AvgIpc) is 2.76. The molecule has 4 nitrogen and oxygen atoms in total. The summed E-state index contributed by atoms with van der Waals surface area (Å²) in [6.07, 6.45) is 2.86. The molecule has 1 heterocycles. The molecule has 0 aliphatic heterocycles. The number of nitrogens with zero attached hydrogens (tertiary/aromatic N) is 2. The lowest BCUT2D eigenvalue weighted by molar-refractivity contribution is 0.229. The quantitative estimate of drug-likeness (QED) is 0.863. The average molecular weight is 233 g/mol. The van der Waals surface area contributed by atoms with Crippen molar-refractivity contribution in [2.24, 2.45) is 5.73 Å². The Morgan fingerprint density at radius 1 is 1.24 bits per heavy atom. The molecular weight excluding hydrogens is 221 g/mol. The summed E-state index contributed by atoms with van der Waals surface area (Å²) in [5.74, 6) is 0.641. The van der Waals surface area contributed by atoms with Crippen LogP contribution in [0, 0.1) is 5.82 Å². The minimum Gasteiger partial charge on any atom is -0.334 e. The van der Waals surface area contributed by atoms with Crippen molar-refractivity contribution in [1.29, 1.82) is 0 Å². The maximum atomic E-state index is 12.8. The Morgan fingerprint density at radius 3 is 2.53 bits per heavy atom. The Kier molecular flexibility index (Phi) is 2.22. The number of rotatable bonds is 2. The normalized spacial score (nSPS) is 17.8. The fourth-order valence-electron chi connectivity index (χ4n) is 1.92. The van der Waals surface area contributed by atoms with Gasteiger partial charge in [-0.05, 0) is 43.5 Å². The highest BCUT2D eigenvalue weighted by Crippen LogP contribution is 2.37. The minimum absolute atomic E-state index is 0.289. The molecular formula is C12H12FN3O. The van der Waals surface area contributed by atoms with Gasteiger partial charge in [-0.25, -0.2) is 4.39 Å². The second kappa shape index (κ2) is 3.63. The predicted octanol–water partition coefficient (Wildman–Crippen LogP) is 2.21. The van der Waals surface area contributed by atoms with E-state index in [1.807, 2.05) is 0 Å². The number of hydrogen-bond acceptors (Lipinski definition) is 4. The molecule has 1 fully saturated rings. The van der Waals surface area contributed by atoms with E-state index in [-0.39, 0.29) is 5.82 Å². The molecule has 1 aliphatic carbocycles. The molecule has 3 rings (SSSR count). The first-order valence-corrected chi connectivity index (χ1v) is 5.56. The summed E-state index contributed by atoms with van der Waals surface area (Å²) in [6.45, 7) is 0. The summed E-state index contributed by atoms with van der Waals surface area (Å²) in [4.78, 5) is 4.28. The summed E-state index contributed by atoms with van der Waals surface area (Å²) in [7, 11) is 0. The third kappa shape index (κ3) is 1.72. The molecule has 0 bridgehead atoms. The zero-order valence-electron chi connectivity index (χ0n) is 9.19. The zero-order valence-corrected chi connectivity index (χ0v) is 9.19. The van der Waals surface area contributed by atoms with Gasteiger partial charge in [-0.1, -0.05) is 5.16 Å². The Bertz CT molecular complexity index is 531. The third-order valence-electron chi connectivity index (χ3n) is 3.21. The zero-order chi connectivity index (χ0) is 11.9. The van der Waals surface area contributed by atoms with E-state index in [4.69, 9.17) is 10.3 Å². The molecule has 2 N–H and O–H groups in total. The van der Waals surface area contributed by atoms with E-state index in [2.05, 4.69) is 10.1 Å². The molecule has 1 saturated carbocycles. The molecule has 1 aromatic heterocycles. The number of halogens is 1. The van der Waals surface area contributed by atoms with Gasteiger partial charge in [0.25, 0.3) is 5.89 Å². The van der Waals surface area contributed by atoms with Crippen LogP contribution in [0.15, 0.2) is 28.8 Å². The molecule has 2 aromatic rings. The first-order chi connectivity index (χ1) is 8.17. The SMILES string of the molecule is NC1(c2noc(-c3ccc(F)cc3)n2)CCC1. The first kappa shape index (κ1) is 10.4. The van der Waals surface area contributed by atoms with Gasteiger partial charge in [0.05, 0.1) is 5.54 Å². The van der Waals surface area contributed by atoms with Gasteiger partial charge < -0.3 is 10.3 Å². The summed E-state index contributed by atoms with van der Waals surface area (Å²) in [5, 5.41) is 3.90. The molecule has 5 heteroatoms. The van der Waals surface area contributed by atoms with Gasteiger partial charge in [-0.15, -0.1) is 0 Å². The van der Waals surface area contributed by atoms with Crippen molar-refractivity contribution >= 4 is 0 Å². The van der Waals surface area contributed by atoms with Crippen molar-refractivity contribution in [2.75, 3.05) is 0 Å². The number of aromatic nitrogens is 2. The lowest BCUT2D eigenvalue weighted by atomic mass is 9.77. The topological polar surface area (TPSA) is 64.9 Å².